The second-order valence-corrected chi connectivity index (χ2v) is 7.10. The molecule has 1 saturated carbocycles. The third kappa shape index (κ3) is 3.37. The van der Waals surface area contributed by atoms with Gasteiger partial charge in [-0.05, 0) is 55.5 Å². The lowest BCUT2D eigenvalue weighted by atomic mass is 9.82. The zero-order chi connectivity index (χ0) is 13.8. The third-order valence-electron chi connectivity index (χ3n) is 4.06. The molecule has 2 N–H and O–H groups in total. The molecule has 4 atom stereocenters. The monoisotopic (exact) mass is 281 g/mol. The minimum absolute atomic E-state index is 0.196. The number of nitrogens with two attached hydrogens (primary N) is 1. The van der Waals surface area contributed by atoms with Crippen LogP contribution in [0, 0.1) is 11.8 Å². The summed E-state index contributed by atoms with van der Waals surface area (Å²) in [4.78, 5) is 0.887. The van der Waals surface area contributed by atoms with Gasteiger partial charge in [-0.3, -0.25) is 4.21 Å². The molecule has 106 valence electrons. The van der Waals surface area contributed by atoms with Crippen LogP contribution in [0.5, 0.6) is 5.75 Å². The predicted molar refractivity (Wildman–Crippen MR) is 78.7 cm³/mol. The van der Waals surface area contributed by atoms with Crippen LogP contribution in [0.3, 0.4) is 0 Å². The zero-order valence-electron chi connectivity index (χ0n) is 11.7. The van der Waals surface area contributed by atoms with E-state index in [4.69, 9.17) is 10.5 Å². The Morgan fingerprint density at radius 3 is 2.58 bits per heavy atom. The van der Waals surface area contributed by atoms with Crippen LogP contribution in [-0.2, 0) is 10.8 Å². The van der Waals surface area contributed by atoms with Crippen LogP contribution in [-0.4, -0.2) is 23.1 Å². The first-order chi connectivity index (χ1) is 9.15. The molecule has 1 aliphatic rings. The van der Waals surface area contributed by atoms with Crippen molar-refractivity contribution in [3.8, 4) is 5.75 Å². The van der Waals surface area contributed by atoms with Crippen molar-refractivity contribution in [1.29, 1.82) is 0 Å². The van der Waals surface area contributed by atoms with Crippen LogP contribution in [0.15, 0.2) is 29.2 Å². The zero-order valence-corrected chi connectivity index (χ0v) is 12.5. The van der Waals surface area contributed by atoms with Gasteiger partial charge in [0.05, 0.1) is 17.9 Å². The summed E-state index contributed by atoms with van der Waals surface area (Å²) in [5.74, 6) is 1.84. The van der Waals surface area contributed by atoms with E-state index in [2.05, 4.69) is 6.92 Å². The predicted octanol–water partition coefficient (Wildman–Crippen LogP) is 2.57. The third-order valence-corrected chi connectivity index (χ3v) is 5.92. The first kappa shape index (κ1) is 14.5. The van der Waals surface area contributed by atoms with Gasteiger partial charge >= 0.3 is 0 Å². The number of hydrogen-bond donors (Lipinski definition) is 1. The number of ether oxygens (including phenoxy) is 1. The molecule has 3 nitrogen and oxygen atoms in total. The fraction of sp³-hybridized carbons (Fsp3) is 0.600. The number of methoxy groups -OCH3 is 1. The van der Waals surface area contributed by atoms with Gasteiger partial charge in [-0.2, -0.15) is 0 Å². The molecular formula is C15H23NO2S. The van der Waals surface area contributed by atoms with Crippen molar-refractivity contribution in [3.63, 3.8) is 0 Å². The highest BCUT2D eigenvalue weighted by molar-refractivity contribution is 7.85. The van der Waals surface area contributed by atoms with Gasteiger partial charge in [-0.25, -0.2) is 0 Å². The summed E-state index contributed by atoms with van der Waals surface area (Å²) < 4.78 is 17.9. The van der Waals surface area contributed by atoms with Crippen molar-refractivity contribution in [1.82, 2.24) is 0 Å². The molecule has 0 aromatic heterocycles. The maximum Gasteiger partial charge on any atom is 0.118 e. The molecule has 0 aliphatic heterocycles. The highest BCUT2D eigenvalue weighted by atomic mass is 32.2. The van der Waals surface area contributed by atoms with Crippen LogP contribution in [0.1, 0.15) is 26.2 Å². The van der Waals surface area contributed by atoms with Crippen LogP contribution in [0.2, 0.25) is 0 Å². The number of hydrogen-bond acceptors (Lipinski definition) is 3. The Balaban J connectivity index is 2.15. The van der Waals surface area contributed by atoms with Crippen molar-refractivity contribution >= 4 is 10.8 Å². The normalized spacial score (nSPS) is 28.9. The topological polar surface area (TPSA) is 52.3 Å². The summed E-state index contributed by atoms with van der Waals surface area (Å²) in [7, 11) is 0.672. The second kappa shape index (κ2) is 6.53. The van der Waals surface area contributed by atoms with Gasteiger partial charge in [0.1, 0.15) is 5.75 Å². The van der Waals surface area contributed by atoms with E-state index in [1.165, 1.54) is 6.42 Å². The number of rotatable bonds is 4. The highest BCUT2D eigenvalue weighted by Crippen LogP contribution is 2.33. The summed E-state index contributed by atoms with van der Waals surface area (Å²) in [5, 5.41) is 0.196. The summed E-state index contributed by atoms with van der Waals surface area (Å²) >= 11 is 0. The average Bonchev–Trinajstić information content (AvgIpc) is 2.46. The molecular weight excluding hydrogens is 258 g/mol. The van der Waals surface area contributed by atoms with Gasteiger partial charge in [0.2, 0.25) is 0 Å². The Morgan fingerprint density at radius 1 is 1.32 bits per heavy atom. The first-order valence-electron chi connectivity index (χ1n) is 6.90. The van der Waals surface area contributed by atoms with E-state index in [9.17, 15) is 4.21 Å². The fourth-order valence-electron chi connectivity index (χ4n) is 2.81. The van der Waals surface area contributed by atoms with Crippen molar-refractivity contribution in [2.45, 2.75) is 36.3 Å². The van der Waals surface area contributed by atoms with Gasteiger partial charge in [-0.1, -0.05) is 13.3 Å². The smallest absolute Gasteiger partial charge is 0.118 e. The van der Waals surface area contributed by atoms with Gasteiger partial charge in [0.15, 0.2) is 0 Å². The van der Waals surface area contributed by atoms with E-state index in [0.29, 0.717) is 18.4 Å². The molecule has 2 rings (SSSR count). The molecule has 0 heterocycles. The maximum atomic E-state index is 12.7. The Bertz CT molecular complexity index is 432. The van der Waals surface area contributed by atoms with Gasteiger partial charge in [-0.15, -0.1) is 0 Å². The maximum absolute atomic E-state index is 12.7. The summed E-state index contributed by atoms with van der Waals surface area (Å²) in [5.41, 5.74) is 5.85. The van der Waals surface area contributed by atoms with E-state index in [0.717, 1.165) is 23.5 Å². The molecule has 19 heavy (non-hydrogen) atoms. The van der Waals surface area contributed by atoms with Crippen LogP contribution < -0.4 is 10.5 Å². The summed E-state index contributed by atoms with van der Waals surface area (Å²) in [6.45, 7) is 2.88. The van der Waals surface area contributed by atoms with Crippen LogP contribution in [0.25, 0.3) is 0 Å². The SMILES string of the molecule is COc1ccc(S(=O)C2CC(C)CCC2CN)cc1. The summed E-state index contributed by atoms with van der Waals surface area (Å²) in [6.07, 6.45) is 3.32. The minimum atomic E-state index is -0.966. The quantitative estimate of drug-likeness (QED) is 0.923. The van der Waals surface area contributed by atoms with Crippen molar-refractivity contribution in [2.75, 3.05) is 13.7 Å². The molecule has 0 spiro atoms. The van der Waals surface area contributed by atoms with Gasteiger partial charge < -0.3 is 10.5 Å². The largest absolute Gasteiger partial charge is 0.497 e. The molecule has 0 saturated heterocycles. The lowest BCUT2D eigenvalue weighted by molar-refractivity contribution is 0.302. The average molecular weight is 281 g/mol. The fourth-order valence-corrected chi connectivity index (χ4v) is 4.66. The Labute approximate surface area is 118 Å². The molecule has 1 fully saturated rings. The van der Waals surface area contributed by atoms with E-state index in [1.54, 1.807) is 7.11 Å². The second-order valence-electron chi connectivity index (χ2n) is 5.43. The van der Waals surface area contributed by atoms with E-state index < -0.39 is 10.8 Å². The molecule has 4 unspecified atom stereocenters. The van der Waals surface area contributed by atoms with E-state index in [1.807, 2.05) is 24.3 Å². The number of benzene rings is 1. The van der Waals surface area contributed by atoms with Crippen molar-refractivity contribution in [2.24, 2.45) is 17.6 Å². The molecule has 1 aromatic carbocycles. The molecule has 1 aromatic rings. The Morgan fingerprint density at radius 2 is 2.00 bits per heavy atom. The Kier molecular flexibility index (Phi) is 4.99. The highest BCUT2D eigenvalue weighted by Gasteiger charge is 2.32. The lowest BCUT2D eigenvalue weighted by Crippen LogP contribution is -2.36. The Hall–Kier alpha value is -0.870. The molecule has 1 aliphatic carbocycles. The van der Waals surface area contributed by atoms with Gasteiger partial charge in [0.25, 0.3) is 0 Å². The standard InChI is InChI=1S/C15H23NO2S/c1-11-3-4-12(10-16)15(9-11)19(17)14-7-5-13(18-2)6-8-14/h5-8,11-12,15H,3-4,9-10,16H2,1-2H3. The van der Waals surface area contributed by atoms with Crippen LogP contribution >= 0.6 is 0 Å². The molecule has 0 bridgehead atoms. The minimum Gasteiger partial charge on any atom is -0.497 e. The molecule has 4 heteroatoms. The van der Waals surface area contributed by atoms with E-state index >= 15 is 0 Å². The van der Waals surface area contributed by atoms with Crippen molar-refractivity contribution in [3.05, 3.63) is 24.3 Å². The first-order valence-corrected chi connectivity index (χ1v) is 8.11. The van der Waals surface area contributed by atoms with Crippen LogP contribution in [0.4, 0.5) is 0 Å². The molecule has 0 amide bonds. The van der Waals surface area contributed by atoms with Gasteiger partial charge in [0, 0.05) is 10.1 Å². The van der Waals surface area contributed by atoms with Crippen molar-refractivity contribution < 1.29 is 8.95 Å². The van der Waals surface area contributed by atoms with E-state index in [-0.39, 0.29) is 5.25 Å². The molecule has 0 radical (unpaired) electrons. The summed E-state index contributed by atoms with van der Waals surface area (Å²) in [6, 6.07) is 7.55. The lowest BCUT2D eigenvalue weighted by Gasteiger charge is -2.33.